The first-order valence-electron chi connectivity index (χ1n) is 9.80. The van der Waals surface area contributed by atoms with Gasteiger partial charge in [0.2, 0.25) is 0 Å². The number of rotatable bonds is 7. The van der Waals surface area contributed by atoms with Gasteiger partial charge in [0.25, 0.3) is 11.6 Å². The smallest absolute Gasteiger partial charge is 0.336 e. The van der Waals surface area contributed by atoms with Crippen molar-refractivity contribution >= 4 is 17.6 Å². The normalized spacial score (nSPS) is 15.8. The lowest BCUT2D eigenvalue weighted by Gasteiger charge is -2.30. The highest BCUT2D eigenvalue weighted by Gasteiger charge is 2.37. The zero-order valence-electron chi connectivity index (χ0n) is 17.9. The minimum absolute atomic E-state index is 0.145. The Morgan fingerprint density at radius 3 is 2.41 bits per heavy atom. The molecular formula is C23H23N3O6. The van der Waals surface area contributed by atoms with Gasteiger partial charge in [0, 0.05) is 23.5 Å². The molecule has 1 aliphatic rings. The number of hydrogen-bond acceptors (Lipinski definition) is 7. The van der Waals surface area contributed by atoms with Crippen molar-refractivity contribution in [2.24, 2.45) is 0 Å². The Kier molecular flexibility index (Phi) is 7.01. The highest BCUT2D eigenvalue weighted by Crippen LogP contribution is 2.39. The van der Waals surface area contributed by atoms with E-state index in [1.54, 1.807) is 19.9 Å². The molecule has 3 rings (SSSR count). The third-order valence-electron chi connectivity index (χ3n) is 5.07. The molecule has 0 aliphatic carbocycles. The first-order chi connectivity index (χ1) is 15.3. The topological polar surface area (TPSA) is 120 Å². The summed E-state index contributed by atoms with van der Waals surface area (Å²) in [5.41, 5.74) is 4.91. The first-order valence-corrected chi connectivity index (χ1v) is 9.80. The number of carbonyl (C=O) groups is 2. The van der Waals surface area contributed by atoms with Gasteiger partial charge in [-0.05, 0) is 25.0 Å². The van der Waals surface area contributed by atoms with Gasteiger partial charge in [0.1, 0.15) is 0 Å². The molecule has 2 aromatic rings. The van der Waals surface area contributed by atoms with Crippen LogP contribution < -0.4 is 10.8 Å². The van der Waals surface area contributed by atoms with Crippen LogP contribution in [0, 0.1) is 10.1 Å². The molecule has 0 fully saturated rings. The molecule has 0 bridgehead atoms. The van der Waals surface area contributed by atoms with Crippen molar-refractivity contribution < 1.29 is 24.1 Å². The number of hydrogen-bond donors (Lipinski definition) is 2. The first kappa shape index (κ1) is 22.7. The van der Waals surface area contributed by atoms with Gasteiger partial charge in [-0.1, -0.05) is 42.5 Å². The Hall–Kier alpha value is -3.98. The number of dihydropyridines is 1. The van der Waals surface area contributed by atoms with Gasteiger partial charge < -0.3 is 10.1 Å². The third-order valence-corrected chi connectivity index (χ3v) is 5.07. The summed E-state index contributed by atoms with van der Waals surface area (Å²) in [6.07, 6.45) is 0. The summed E-state index contributed by atoms with van der Waals surface area (Å²) in [6, 6.07) is 15.1. The molecular weight excluding hydrogens is 414 g/mol. The minimum Gasteiger partial charge on any atom is -0.466 e. The van der Waals surface area contributed by atoms with E-state index in [4.69, 9.17) is 9.57 Å². The number of ether oxygens (including phenoxy) is 1. The molecule has 32 heavy (non-hydrogen) atoms. The van der Waals surface area contributed by atoms with Crippen LogP contribution >= 0.6 is 0 Å². The van der Waals surface area contributed by atoms with Crippen LogP contribution in [0.1, 0.15) is 30.9 Å². The fraction of sp³-hybridized carbons (Fsp3) is 0.217. The zero-order valence-corrected chi connectivity index (χ0v) is 17.9. The summed E-state index contributed by atoms with van der Waals surface area (Å²) in [6.45, 7) is 3.52. The molecule has 1 amide bonds. The second-order valence-electron chi connectivity index (χ2n) is 7.18. The number of hydroxylamine groups is 1. The van der Waals surface area contributed by atoms with E-state index in [-0.39, 0.29) is 23.4 Å². The van der Waals surface area contributed by atoms with Crippen molar-refractivity contribution in [3.8, 4) is 0 Å². The molecule has 9 nitrogen and oxygen atoms in total. The van der Waals surface area contributed by atoms with Crippen molar-refractivity contribution in [1.82, 2.24) is 10.8 Å². The number of methoxy groups -OCH3 is 1. The van der Waals surface area contributed by atoms with Gasteiger partial charge in [-0.3, -0.25) is 19.7 Å². The minimum atomic E-state index is -0.885. The molecule has 0 aromatic heterocycles. The standard InChI is InChI=1S/C23H23N3O6/c1-14-19(22(27)25-32-13-16-8-5-4-6-9-16)21(20(15(2)24-14)23(28)31-3)17-10-7-11-18(12-17)26(29)30/h4-12,21,24H,13H2,1-3H3,(H,25,27). The summed E-state index contributed by atoms with van der Waals surface area (Å²) in [7, 11) is 1.24. The molecule has 1 unspecified atom stereocenters. The number of benzene rings is 2. The predicted molar refractivity (Wildman–Crippen MR) is 116 cm³/mol. The van der Waals surface area contributed by atoms with Crippen molar-refractivity contribution in [2.75, 3.05) is 7.11 Å². The van der Waals surface area contributed by atoms with E-state index in [1.807, 2.05) is 30.3 Å². The number of non-ortho nitro benzene ring substituents is 1. The molecule has 1 aliphatic heterocycles. The van der Waals surface area contributed by atoms with Crippen molar-refractivity contribution in [3.05, 3.63) is 98.4 Å². The Morgan fingerprint density at radius 1 is 1.06 bits per heavy atom. The molecule has 0 saturated carbocycles. The van der Waals surface area contributed by atoms with Crippen molar-refractivity contribution in [2.45, 2.75) is 26.4 Å². The number of nitrogens with zero attached hydrogens (tertiary/aromatic N) is 1. The average Bonchev–Trinajstić information content (AvgIpc) is 2.78. The molecule has 2 aromatic carbocycles. The lowest BCUT2D eigenvalue weighted by molar-refractivity contribution is -0.384. The Labute approximate surface area is 184 Å². The van der Waals surface area contributed by atoms with E-state index in [0.29, 0.717) is 17.0 Å². The van der Waals surface area contributed by atoms with Gasteiger partial charge in [0.05, 0.1) is 35.7 Å². The van der Waals surface area contributed by atoms with Gasteiger partial charge in [-0.2, -0.15) is 0 Å². The number of nitro groups is 1. The molecule has 166 valence electrons. The highest BCUT2D eigenvalue weighted by atomic mass is 16.7. The van der Waals surface area contributed by atoms with Crippen LogP contribution in [0.15, 0.2) is 77.1 Å². The monoisotopic (exact) mass is 437 g/mol. The molecule has 2 N–H and O–H groups in total. The highest BCUT2D eigenvalue weighted by molar-refractivity contribution is 6.01. The quantitative estimate of drug-likeness (QED) is 0.388. The zero-order chi connectivity index (χ0) is 23.3. The molecule has 0 spiro atoms. The van der Waals surface area contributed by atoms with Gasteiger partial charge >= 0.3 is 5.97 Å². The van der Waals surface area contributed by atoms with Gasteiger partial charge in [-0.15, -0.1) is 0 Å². The number of allylic oxidation sites excluding steroid dienone is 2. The number of esters is 1. The molecule has 1 heterocycles. The lowest BCUT2D eigenvalue weighted by atomic mass is 9.80. The maximum absolute atomic E-state index is 13.1. The average molecular weight is 437 g/mol. The van der Waals surface area contributed by atoms with Crippen LogP contribution in [0.25, 0.3) is 0 Å². The number of carbonyl (C=O) groups excluding carboxylic acids is 2. The van der Waals surface area contributed by atoms with Crippen LogP contribution in [-0.2, 0) is 25.8 Å². The maximum atomic E-state index is 13.1. The maximum Gasteiger partial charge on any atom is 0.336 e. The molecule has 0 radical (unpaired) electrons. The van der Waals surface area contributed by atoms with Crippen LogP contribution in [0.3, 0.4) is 0 Å². The summed E-state index contributed by atoms with van der Waals surface area (Å²) in [5.74, 6) is -2.10. The van der Waals surface area contributed by atoms with E-state index in [1.165, 1.54) is 25.3 Å². The second kappa shape index (κ2) is 9.88. The van der Waals surface area contributed by atoms with Crippen LogP contribution in [0.5, 0.6) is 0 Å². The number of amides is 1. The molecule has 9 heteroatoms. The van der Waals surface area contributed by atoms with E-state index < -0.39 is 22.7 Å². The number of nitro benzene ring substituents is 1. The Balaban J connectivity index is 1.97. The van der Waals surface area contributed by atoms with Crippen molar-refractivity contribution in [3.63, 3.8) is 0 Å². The predicted octanol–water partition coefficient (Wildman–Crippen LogP) is 3.25. The summed E-state index contributed by atoms with van der Waals surface area (Å²) < 4.78 is 4.94. The Morgan fingerprint density at radius 2 is 1.75 bits per heavy atom. The summed E-state index contributed by atoms with van der Waals surface area (Å²) in [5, 5.41) is 14.3. The van der Waals surface area contributed by atoms with E-state index in [0.717, 1.165) is 5.56 Å². The van der Waals surface area contributed by atoms with E-state index >= 15 is 0 Å². The fourth-order valence-electron chi connectivity index (χ4n) is 3.64. The molecule has 0 saturated heterocycles. The number of nitrogens with one attached hydrogen (secondary N) is 2. The third kappa shape index (κ3) is 4.84. The SMILES string of the molecule is COC(=O)C1=C(C)NC(C)=C(C(=O)NOCc2ccccc2)C1c1cccc([N+](=O)[O-])c1. The fourth-order valence-corrected chi connectivity index (χ4v) is 3.64. The molecule has 1 atom stereocenters. The van der Waals surface area contributed by atoms with E-state index in [2.05, 4.69) is 10.8 Å². The Bertz CT molecular complexity index is 1110. The van der Waals surface area contributed by atoms with Gasteiger partial charge in [0.15, 0.2) is 0 Å². The summed E-state index contributed by atoms with van der Waals surface area (Å²) in [4.78, 5) is 41.9. The van der Waals surface area contributed by atoms with Gasteiger partial charge in [-0.25, -0.2) is 10.3 Å². The summed E-state index contributed by atoms with van der Waals surface area (Å²) >= 11 is 0. The lowest BCUT2D eigenvalue weighted by Crippen LogP contribution is -2.36. The second-order valence-corrected chi connectivity index (χ2v) is 7.18. The van der Waals surface area contributed by atoms with Crippen LogP contribution in [0.4, 0.5) is 5.69 Å². The van der Waals surface area contributed by atoms with Crippen LogP contribution in [0.2, 0.25) is 0 Å². The van der Waals surface area contributed by atoms with E-state index in [9.17, 15) is 19.7 Å². The largest absolute Gasteiger partial charge is 0.466 e. The van der Waals surface area contributed by atoms with Crippen molar-refractivity contribution in [1.29, 1.82) is 0 Å². The van der Waals surface area contributed by atoms with Crippen LogP contribution in [-0.4, -0.2) is 23.9 Å².